The predicted molar refractivity (Wildman–Crippen MR) is 87.2 cm³/mol. The number of hydrogen-bond donors (Lipinski definition) is 0. The van der Waals surface area contributed by atoms with E-state index in [2.05, 4.69) is 4.98 Å². The van der Waals surface area contributed by atoms with Gasteiger partial charge in [0.2, 0.25) is 0 Å². The van der Waals surface area contributed by atoms with Gasteiger partial charge in [-0.3, -0.25) is 4.79 Å². The van der Waals surface area contributed by atoms with Gasteiger partial charge < -0.3 is 14.5 Å². The number of rotatable bonds is 2. The van der Waals surface area contributed by atoms with Gasteiger partial charge in [0.15, 0.2) is 0 Å². The summed E-state index contributed by atoms with van der Waals surface area (Å²) in [5.74, 6) is 1.33. The largest absolute Gasteiger partial charge is 0.490 e. The Morgan fingerprint density at radius 3 is 2.91 bits per heavy atom. The van der Waals surface area contributed by atoms with E-state index in [0.29, 0.717) is 35.2 Å². The number of pyridine rings is 1. The third-order valence-corrected chi connectivity index (χ3v) is 3.72. The Labute approximate surface area is 134 Å². The second kappa shape index (κ2) is 5.85. The van der Waals surface area contributed by atoms with Crippen LogP contribution in [0.2, 0.25) is 5.02 Å². The standard InChI is InChI=1S/C16H16ClN3O2/c1-19(2)15-9-11(5-6-18-15)16(21)20-7-8-22-14-4-3-12(17)10-13(14)20/h3-6,9-10H,7-8H2,1-2H3. The van der Waals surface area contributed by atoms with Crippen LogP contribution in [0.25, 0.3) is 0 Å². The maximum Gasteiger partial charge on any atom is 0.258 e. The van der Waals surface area contributed by atoms with Gasteiger partial charge in [-0.2, -0.15) is 0 Å². The molecule has 0 atom stereocenters. The highest BCUT2D eigenvalue weighted by molar-refractivity contribution is 6.31. The monoisotopic (exact) mass is 317 g/mol. The van der Waals surface area contributed by atoms with E-state index in [9.17, 15) is 4.79 Å². The zero-order valence-electron chi connectivity index (χ0n) is 12.4. The number of nitrogens with zero attached hydrogens (tertiary/aromatic N) is 3. The smallest absolute Gasteiger partial charge is 0.258 e. The molecule has 6 heteroatoms. The van der Waals surface area contributed by atoms with Crippen LogP contribution in [0.1, 0.15) is 10.4 Å². The van der Waals surface area contributed by atoms with Gasteiger partial charge in [-0.05, 0) is 30.3 Å². The number of hydrogen-bond acceptors (Lipinski definition) is 4. The number of ether oxygens (including phenoxy) is 1. The topological polar surface area (TPSA) is 45.7 Å². The molecule has 0 bridgehead atoms. The molecule has 3 rings (SSSR count). The summed E-state index contributed by atoms with van der Waals surface area (Å²) in [6.07, 6.45) is 1.64. The summed E-state index contributed by atoms with van der Waals surface area (Å²) >= 11 is 6.05. The Hall–Kier alpha value is -2.27. The van der Waals surface area contributed by atoms with Crippen LogP contribution in [0.3, 0.4) is 0 Å². The molecular formula is C16H16ClN3O2. The molecule has 1 aliphatic heterocycles. The minimum Gasteiger partial charge on any atom is -0.490 e. The van der Waals surface area contributed by atoms with E-state index in [-0.39, 0.29) is 5.91 Å². The molecule has 0 unspecified atom stereocenters. The minimum atomic E-state index is -0.0858. The summed E-state index contributed by atoms with van der Waals surface area (Å²) in [6, 6.07) is 8.79. The predicted octanol–water partition coefficient (Wildman–Crippen LogP) is 2.84. The first kappa shape index (κ1) is 14.7. The minimum absolute atomic E-state index is 0.0858. The van der Waals surface area contributed by atoms with Crippen molar-refractivity contribution in [1.29, 1.82) is 0 Å². The van der Waals surface area contributed by atoms with Crippen LogP contribution in [0, 0.1) is 0 Å². The summed E-state index contributed by atoms with van der Waals surface area (Å²) in [6.45, 7) is 0.956. The summed E-state index contributed by atoms with van der Waals surface area (Å²) in [5.41, 5.74) is 1.29. The van der Waals surface area contributed by atoms with Crippen LogP contribution in [0.15, 0.2) is 36.5 Å². The van der Waals surface area contributed by atoms with Gasteiger partial charge in [0.05, 0.1) is 12.2 Å². The summed E-state index contributed by atoms with van der Waals surface area (Å²) in [7, 11) is 3.78. The maximum absolute atomic E-state index is 12.8. The van der Waals surface area contributed by atoms with Crippen LogP contribution >= 0.6 is 11.6 Å². The molecule has 114 valence electrons. The molecule has 0 radical (unpaired) electrons. The lowest BCUT2D eigenvalue weighted by molar-refractivity contribution is 0.0976. The van der Waals surface area contributed by atoms with E-state index in [1.807, 2.05) is 19.0 Å². The number of halogens is 1. The van der Waals surface area contributed by atoms with Crippen LogP contribution < -0.4 is 14.5 Å². The van der Waals surface area contributed by atoms with Crippen molar-refractivity contribution in [3.05, 3.63) is 47.1 Å². The van der Waals surface area contributed by atoms with Gasteiger partial charge >= 0.3 is 0 Å². The quantitative estimate of drug-likeness (QED) is 0.854. The first-order chi connectivity index (χ1) is 10.6. The Morgan fingerprint density at radius 1 is 1.32 bits per heavy atom. The SMILES string of the molecule is CN(C)c1cc(C(=O)N2CCOc3ccc(Cl)cc32)ccn1. The van der Waals surface area contributed by atoms with Crippen molar-refractivity contribution in [1.82, 2.24) is 4.98 Å². The molecular weight excluding hydrogens is 302 g/mol. The van der Waals surface area contributed by atoms with Crippen LogP contribution in [0.5, 0.6) is 5.75 Å². The number of fused-ring (bicyclic) bond motifs is 1. The number of aromatic nitrogens is 1. The second-order valence-corrected chi connectivity index (χ2v) is 5.65. The van der Waals surface area contributed by atoms with E-state index in [4.69, 9.17) is 16.3 Å². The highest BCUT2D eigenvalue weighted by Gasteiger charge is 2.25. The van der Waals surface area contributed by atoms with E-state index in [0.717, 1.165) is 5.82 Å². The van der Waals surface area contributed by atoms with Crippen LogP contribution in [0.4, 0.5) is 11.5 Å². The van der Waals surface area contributed by atoms with Crippen LogP contribution in [-0.2, 0) is 0 Å². The number of carbonyl (C=O) groups is 1. The van der Waals surface area contributed by atoms with Crippen molar-refractivity contribution >= 4 is 29.0 Å². The number of carbonyl (C=O) groups excluding carboxylic acids is 1. The average Bonchev–Trinajstić information content (AvgIpc) is 2.53. The zero-order valence-corrected chi connectivity index (χ0v) is 13.2. The van der Waals surface area contributed by atoms with Gasteiger partial charge in [0, 0.05) is 30.9 Å². The Balaban J connectivity index is 1.97. The highest BCUT2D eigenvalue weighted by atomic mass is 35.5. The molecule has 1 aromatic heterocycles. The molecule has 0 spiro atoms. The molecule has 1 aliphatic rings. The molecule has 0 fully saturated rings. The Morgan fingerprint density at radius 2 is 2.14 bits per heavy atom. The van der Waals surface area contributed by atoms with E-state index in [1.165, 1.54) is 0 Å². The lowest BCUT2D eigenvalue weighted by Crippen LogP contribution is -2.38. The first-order valence-corrected chi connectivity index (χ1v) is 7.31. The number of anilines is 2. The summed E-state index contributed by atoms with van der Waals surface area (Å²) in [5, 5.41) is 0.575. The van der Waals surface area contributed by atoms with Gasteiger partial charge in [-0.25, -0.2) is 4.98 Å². The maximum atomic E-state index is 12.8. The molecule has 2 aromatic rings. The average molecular weight is 318 g/mol. The van der Waals surface area contributed by atoms with Gasteiger partial charge in [0.1, 0.15) is 18.2 Å². The van der Waals surface area contributed by atoms with E-state index < -0.39 is 0 Å². The molecule has 22 heavy (non-hydrogen) atoms. The molecule has 0 aliphatic carbocycles. The third kappa shape index (κ3) is 2.72. The second-order valence-electron chi connectivity index (χ2n) is 5.21. The molecule has 0 N–H and O–H groups in total. The van der Waals surface area contributed by atoms with Gasteiger partial charge in [-0.15, -0.1) is 0 Å². The van der Waals surface area contributed by atoms with E-state index >= 15 is 0 Å². The lowest BCUT2D eigenvalue weighted by Gasteiger charge is -2.29. The van der Waals surface area contributed by atoms with E-state index in [1.54, 1.807) is 41.4 Å². The molecule has 1 amide bonds. The molecule has 2 heterocycles. The normalized spacial score (nSPS) is 13.3. The Kier molecular flexibility index (Phi) is 3.90. The van der Waals surface area contributed by atoms with Gasteiger partial charge in [-0.1, -0.05) is 11.6 Å². The number of benzene rings is 1. The Bertz CT molecular complexity index is 718. The lowest BCUT2D eigenvalue weighted by atomic mass is 10.1. The van der Waals surface area contributed by atoms with Crippen molar-refractivity contribution in [2.24, 2.45) is 0 Å². The molecule has 0 saturated carbocycles. The summed E-state index contributed by atoms with van der Waals surface area (Å²) in [4.78, 5) is 20.6. The van der Waals surface area contributed by atoms with Crippen molar-refractivity contribution < 1.29 is 9.53 Å². The zero-order chi connectivity index (χ0) is 15.7. The fraction of sp³-hybridized carbons (Fsp3) is 0.250. The molecule has 5 nitrogen and oxygen atoms in total. The number of amides is 1. The van der Waals surface area contributed by atoms with Gasteiger partial charge in [0.25, 0.3) is 5.91 Å². The van der Waals surface area contributed by atoms with Crippen molar-refractivity contribution in [3.8, 4) is 5.75 Å². The molecule has 0 saturated heterocycles. The van der Waals surface area contributed by atoms with Crippen molar-refractivity contribution in [2.45, 2.75) is 0 Å². The summed E-state index contributed by atoms with van der Waals surface area (Å²) < 4.78 is 5.58. The molecule has 1 aromatic carbocycles. The van der Waals surface area contributed by atoms with Crippen molar-refractivity contribution in [2.75, 3.05) is 37.0 Å². The fourth-order valence-corrected chi connectivity index (χ4v) is 2.52. The highest BCUT2D eigenvalue weighted by Crippen LogP contribution is 2.34. The van der Waals surface area contributed by atoms with Crippen molar-refractivity contribution in [3.63, 3.8) is 0 Å². The first-order valence-electron chi connectivity index (χ1n) is 6.94. The fourth-order valence-electron chi connectivity index (χ4n) is 2.35. The van der Waals surface area contributed by atoms with Crippen LogP contribution in [-0.4, -0.2) is 38.1 Å². The third-order valence-electron chi connectivity index (χ3n) is 3.48.